The van der Waals surface area contributed by atoms with E-state index in [1.807, 2.05) is 56.0 Å². The van der Waals surface area contributed by atoms with Crippen molar-refractivity contribution in [3.05, 3.63) is 35.9 Å². The number of piperazine rings is 1. The van der Waals surface area contributed by atoms with E-state index in [2.05, 4.69) is 10.2 Å². The van der Waals surface area contributed by atoms with Crippen LogP contribution in [0.3, 0.4) is 0 Å². The van der Waals surface area contributed by atoms with Crippen LogP contribution in [0.2, 0.25) is 0 Å². The molecule has 2 rings (SSSR count). The van der Waals surface area contributed by atoms with Crippen LogP contribution in [0.5, 0.6) is 0 Å². The Hall–Kier alpha value is -1.34. The molecule has 3 N–H and O–H groups in total. The average Bonchev–Trinajstić information content (AvgIpc) is 2.60. The number of carbonyl (C=O) groups is 2. The molecule has 1 heterocycles. The minimum atomic E-state index is -0.302. The summed E-state index contributed by atoms with van der Waals surface area (Å²) in [6.07, 6.45) is 0. The van der Waals surface area contributed by atoms with Crippen LogP contribution < -0.4 is 11.1 Å². The van der Waals surface area contributed by atoms with Crippen molar-refractivity contribution in [2.75, 3.05) is 32.7 Å². The molecule has 27 heavy (non-hydrogen) atoms. The molecule has 154 valence electrons. The second kappa shape index (κ2) is 12.2. The van der Waals surface area contributed by atoms with Gasteiger partial charge in [-0.25, -0.2) is 0 Å². The summed E-state index contributed by atoms with van der Waals surface area (Å²) in [6, 6.07) is 9.58. The molecule has 0 radical (unpaired) electrons. The summed E-state index contributed by atoms with van der Waals surface area (Å²) in [5.41, 5.74) is 7.25. The van der Waals surface area contributed by atoms with Gasteiger partial charge in [0.05, 0.1) is 12.5 Å². The number of nitrogens with two attached hydrogens (primary N) is 1. The fraction of sp³-hybridized carbons (Fsp3) is 0.579. The van der Waals surface area contributed by atoms with Crippen molar-refractivity contribution in [1.29, 1.82) is 0 Å². The monoisotopic (exact) mass is 418 g/mol. The van der Waals surface area contributed by atoms with Crippen molar-refractivity contribution in [3.63, 3.8) is 0 Å². The van der Waals surface area contributed by atoms with Gasteiger partial charge in [0.25, 0.3) is 0 Å². The van der Waals surface area contributed by atoms with Crippen LogP contribution in [-0.4, -0.2) is 60.4 Å². The maximum Gasteiger partial charge on any atom is 0.234 e. The fourth-order valence-electron chi connectivity index (χ4n) is 3.10. The van der Waals surface area contributed by atoms with Crippen molar-refractivity contribution in [2.24, 2.45) is 11.7 Å². The van der Waals surface area contributed by atoms with E-state index in [0.29, 0.717) is 32.7 Å². The zero-order valence-corrected chi connectivity index (χ0v) is 17.9. The van der Waals surface area contributed by atoms with Gasteiger partial charge in [0.1, 0.15) is 0 Å². The first kappa shape index (κ1) is 25.7. The van der Waals surface area contributed by atoms with Gasteiger partial charge in [-0.2, -0.15) is 0 Å². The van der Waals surface area contributed by atoms with Crippen LogP contribution in [0, 0.1) is 5.92 Å². The van der Waals surface area contributed by atoms with Gasteiger partial charge in [-0.3, -0.25) is 14.5 Å². The number of amides is 2. The van der Waals surface area contributed by atoms with Crippen LogP contribution in [-0.2, 0) is 9.59 Å². The van der Waals surface area contributed by atoms with Gasteiger partial charge in [0.2, 0.25) is 11.8 Å². The average molecular weight is 419 g/mol. The van der Waals surface area contributed by atoms with Gasteiger partial charge in [-0.1, -0.05) is 37.3 Å². The lowest BCUT2D eigenvalue weighted by molar-refractivity contribution is -0.137. The summed E-state index contributed by atoms with van der Waals surface area (Å²) in [5, 5.41) is 2.90. The zero-order valence-electron chi connectivity index (χ0n) is 16.3. The molecule has 0 aliphatic carbocycles. The van der Waals surface area contributed by atoms with Crippen LogP contribution in [0.25, 0.3) is 0 Å². The quantitative estimate of drug-likeness (QED) is 0.738. The lowest BCUT2D eigenvalue weighted by Crippen LogP contribution is -2.53. The number of nitrogens with zero attached hydrogens (tertiary/aromatic N) is 2. The van der Waals surface area contributed by atoms with E-state index in [0.717, 1.165) is 5.56 Å². The van der Waals surface area contributed by atoms with Crippen molar-refractivity contribution < 1.29 is 9.59 Å². The van der Waals surface area contributed by atoms with Crippen molar-refractivity contribution in [1.82, 2.24) is 15.1 Å². The first-order chi connectivity index (χ1) is 11.9. The molecule has 8 heteroatoms. The summed E-state index contributed by atoms with van der Waals surface area (Å²) in [6.45, 7) is 8.88. The Morgan fingerprint density at radius 2 is 1.59 bits per heavy atom. The van der Waals surface area contributed by atoms with Gasteiger partial charge >= 0.3 is 0 Å². The predicted molar refractivity (Wildman–Crippen MR) is 113 cm³/mol. The lowest BCUT2D eigenvalue weighted by Gasteiger charge is -2.36. The molecule has 0 aromatic heterocycles. The van der Waals surface area contributed by atoms with Gasteiger partial charge in [-0.05, 0) is 19.4 Å². The Labute approximate surface area is 174 Å². The molecule has 1 aliphatic rings. The van der Waals surface area contributed by atoms with E-state index in [1.165, 1.54) is 0 Å². The SMILES string of the molecule is CC(C)NC(=O)CN1CCN(C(=O)C(C)C(N)c2ccccc2)CC1.Cl.Cl. The normalized spacial score (nSPS) is 16.7. The maximum absolute atomic E-state index is 12.7. The molecule has 1 aliphatic heterocycles. The predicted octanol–water partition coefficient (Wildman–Crippen LogP) is 1.83. The second-order valence-electron chi connectivity index (χ2n) is 7.05. The second-order valence-corrected chi connectivity index (χ2v) is 7.05. The highest BCUT2D eigenvalue weighted by molar-refractivity contribution is 5.85. The Kier molecular flexibility index (Phi) is 11.6. The van der Waals surface area contributed by atoms with Crippen LogP contribution in [0.4, 0.5) is 0 Å². The van der Waals surface area contributed by atoms with Crippen LogP contribution in [0.1, 0.15) is 32.4 Å². The molecule has 2 amide bonds. The smallest absolute Gasteiger partial charge is 0.234 e. The highest BCUT2D eigenvalue weighted by Gasteiger charge is 2.29. The largest absolute Gasteiger partial charge is 0.353 e. The van der Waals surface area contributed by atoms with Crippen molar-refractivity contribution in [3.8, 4) is 0 Å². The number of hydrogen-bond donors (Lipinski definition) is 2. The van der Waals surface area contributed by atoms with E-state index >= 15 is 0 Å². The number of halogens is 2. The van der Waals surface area contributed by atoms with Gasteiger partial charge < -0.3 is 16.0 Å². The molecule has 1 aromatic rings. The molecule has 0 bridgehead atoms. The number of benzene rings is 1. The molecule has 2 unspecified atom stereocenters. The van der Waals surface area contributed by atoms with E-state index in [4.69, 9.17) is 5.73 Å². The number of hydrogen-bond acceptors (Lipinski definition) is 4. The molecular weight excluding hydrogens is 387 g/mol. The Bertz CT molecular complexity index is 578. The summed E-state index contributed by atoms with van der Waals surface area (Å²) in [4.78, 5) is 28.5. The Morgan fingerprint density at radius 3 is 2.11 bits per heavy atom. The first-order valence-electron chi connectivity index (χ1n) is 8.99. The lowest BCUT2D eigenvalue weighted by atomic mass is 9.94. The molecule has 0 saturated carbocycles. The van der Waals surface area contributed by atoms with Gasteiger partial charge in [0.15, 0.2) is 0 Å². The Balaban J connectivity index is 0.00000338. The topological polar surface area (TPSA) is 78.7 Å². The highest BCUT2D eigenvalue weighted by atomic mass is 35.5. The minimum Gasteiger partial charge on any atom is -0.353 e. The fourth-order valence-corrected chi connectivity index (χ4v) is 3.10. The summed E-state index contributed by atoms with van der Waals surface area (Å²) >= 11 is 0. The molecule has 0 spiro atoms. The number of carbonyl (C=O) groups excluding carboxylic acids is 2. The van der Waals surface area contributed by atoms with E-state index in [-0.39, 0.29) is 54.6 Å². The molecule has 1 fully saturated rings. The third kappa shape index (κ3) is 7.66. The van der Waals surface area contributed by atoms with E-state index in [1.54, 1.807) is 0 Å². The third-order valence-electron chi connectivity index (χ3n) is 4.61. The zero-order chi connectivity index (χ0) is 18.4. The third-order valence-corrected chi connectivity index (χ3v) is 4.61. The minimum absolute atomic E-state index is 0. The highest BCUT2D eigenvalue weighted by Crippen LogP contribution is 2.21. The maximum atomic E-state index is 12.7. The summed E-state index contributed by atoms with van der Waals surface area (Å²) in [5.74, 6) is -0.143. The van der Waals surface area contributed by atoms with Crippen LogP contribution in [0.15, 0.2) is 30.3 Å². The summed E-state index contributed by atoms with van der Waals surface area (Å²) in [7, 11) is 0. The number of nitrogens with one attached hydrogen (secondary N) is 1. The van der Waals surface area contributed by atoms with E-state index in [9.17, 15) is 9.59 Å². The first-order valence-corrected chi connectivity index (χ1v) is 8.99. The Morgan fingerprint density at radius 1 is 1.04 bits per heavy atom. The summed E-state index contributed by atoms with van der Waals surface area (Å²) < 4.78 is 0. The van der Waals surface area contributed by atoms with Crippen LogP contribution >= 0.6 is 24.8 Å². The number of rotatable bonds is 6. The molecule has 1 saturated heterocycles. The van der Waals surface area contributed by atoms with Crippen molar-refractivity contribution in [2.45, 2.75) is 32.9 Å². The molecular formula is C19H32Cl2N4O2. The standard InChI is InChI=1S/C19H30N4O2.2ClH/c1-14(2)21-17(24)13-22-9-11-23(12-10-22)19(25)15(3)18(20)16-7-5-4-6-8-16;;/h4-8,14-15,18H,9-13,20H2,1-3H3,(H,21,24);2*1H. The van der Waals surface area contributed by atoms with Gasteiger partial charge in [0, 0.05) is 38.3 Å². The van der Waals surface area contributed by atoms with Gasteiger partial charge in [-0.15, -0.1) is 24.8 Å². The molecule has 6 nitrogen and oxygen atoms in total. The van der Waals surface area contributed by atoms with E-state index < -0.39 is 0 Å². The van der Waals surface area contributed by atoms with Crippen molar-refractivity contribution >= 4 is 36.6 Å². The molecule has 1 aromatic carbocycles. The molecule has 2 atom stereocenters.